The summed E-state index contributed by atoms with van der Waals surface area (Å²) >= 11 is 0. The molecular weight excluding hydrogens is 284 g/mol. The lowest BCUT2D eigenvalue weighted by atomic mass is 10.0. The van der Waals surface area contributed by atoms with Gasteiger partial charge in [0.2, 0.25) is 11.5 Å². The SMILES string of the molecule is CCC1=N[C@@](OC(=O)C2=CN[C@@H](C(C)C)CO2)(C(C)C)CO1. The highest BCUT2D eigenvalue weighted by molar-refractivity contribution is 5.87. The topological polar surface area (TPSA) is 69.2 Å². The van der Waals surface area contributed by atoms with Crippen LogP contribution in [0.25, 0.3) is 0 Å². The molecule has 2 aliphatic heterocycles. The maximum absolute atomic E-state index is 12.4. The number of hydrogen-bond donors (Lipinski definition) is 1. The Hall–Kier alpha value is -1.72. The lowest BCUT2D eigenvalue weighted by molar-refractivity contribution is -0.165. The molecule has 0 spiro atoms. The Morgan fingerprint density at radius 1 is 1.45 bits per heavy atom. The van der Waals surface area contributed by atoms with Crippen molar-refractivity contribution in [2.45, 2.75) is 52.8 Å². The van der Waals surface area contributed by atoms with E-state index in [4.69, 9.17) is 14.2 Å². The third-order valence-electron chi connectivity index (χ3n) is 4.09. The van der Waals surface area contributed by atoms with E-state index in [1.807, 2.05) is 20.8 Å². The smallest absolute Gasteiger partial charge is 0.377 e. The van der Waals surface area contributed by atoms with Gasteiger partial charge >= 0.3 is 5.97 Å². The first kappa shape index (κ1) is 16.6. The van der Waals surface area contributed by atoms with Crippen molar-refractivity contribution >= 4 is 11.9 Å². The van der Waals surface area contributed by atoms with Crippen LogP contribution >= 0.6 is 0 Å². The molecule has 0 radical (unpaired) electrons. The van der Waals surface area contributed by atoms with Gasteiger partial charge < -0.3 is 19.5 Å². The first-order chi connectivity index (χ1) is 10.4. The number of esters is 1. The van der Waals surface area contributed by atoms with Gasteiger partial charge in [-0.25, -0.2) is 9.79 Å². The van der Waals surface area contributed by atoms with Crippen LogP contribution in [-0.4, -0.2) is 36.8 Å². The van der Waals surface area contributed by atoms with Gasteiger partial charge in [-0.2, -0.15) is 0 Å². The minimum Gasteiger partial charge on any atom is -0.483 e. The number of nitrogens with zero attached hydrogens (tertiary/aromatic N) is 1. The van der Waals surface area contributed by atoms with Crippen LogP contribution < -0.4 is 5.32 Å². The summed E-state index contributed by atoms with van der Waals surface area (Å²) in [5, 5.41) is 3.18. The largest absolute Gasteiger partial charge is 0.483 e. The fraction of sp³-hybridized carbons (Fsp3) is 0.750. The fourth-order valence-electron chi connectivity index (χ4n) is 2.27. The Bertz CT molecular complexity index is 485. The molecule has 124 valence electrons. The quantitative estimate of drug-likeness (QED) is 0.788. The summed E-state index contributed by atoms with van der Waals surface area (Å²) in [5.41, 5.74) is -0.957. The average Bonchev–Trinajstić information content (AvgIpc) is 2.92. The highest BCUT2D eigenvalue weighted by Crippen LogP contribution is 2.31. The minimum absolute atomic E-state index is 0.0149. The number of ether oxygens (including phenoxy) is 3. The third kappa shape index (κ3) is 3.36. The second-order valence-electron chi connectivity index (χ2n) is 6.37. The molecule has 1 N–H and O–H groups in total. The van der Waals surface area contributed by atoms with Gasteiger partial charge in [-0.1, -0.05) is 34.6 Å². The number of aliphatic imine (C=N–C) groups is 1. The third-order valence-corrected chi connectivity index (χ3v) is 4.09. The molecule has 0 amide bonds. The molecular formula is C16H26N2O4. The van der Waals surface area contributed by atoms with Crippen molar-refractivity contribution in [2.75, 3.05) is 13.2 Å². The highest BCUT2D eigenvalue weighted by Gasteiger charge is 2.44. The van der Waals surface area contributed by atoms with Crippen molar-refractivity contribution in [3.8, 4) is 0 Å². The summed E-state index contributed by atoms with van der Waals surface area (Å²) in [7, 11) is 0. The minimum atomic E-state index is -0.957. The van der Waals surface area contributed by atoms with Gasteiger partial charge in [0.15, 0.2) is 12.5 Å². The lowest BCUT2D eigenvalue weighted by Gasteiger charge is -2.30. The molecule has 0 aromatic heterocycles. The van der Waals surface area contributed by atoms with E-state index in [0.29, 0.717) is 24.8 Å². The van der Waals surface area contributed by atoms with Crippen LogP contribution in [0.15, 0.2) is 17.0 Å². The molecule has 0 saturated carbocycles. The van der Waals surface area contributed by atoms with Crippen LogP contribution in [0.1, 0.15) is 41.0 Å². The monoisotopic (exact) mass is 310 g/mol. The van der Waals surface area contributed by atoms with Crippen LogP contribution in [0.2, 0.25) is 0 Å². The van der Waals surface area contributed by atoms with Gasteiger partial charge in [-0.15, -0.1) is 0 Å². The summed E-state index contributed by atoms with van der Waals surface area (Å²) in [6.07, 6.45) is 2.27. The van der Waals surface area contributed by atoms with Crippen LogP contribution in [0.3, 0.4) is 0 Å². The van der Waals surface area contributed by atoms with Gasteiger partial charge in [-0.05, 0) is 5.92 Å². The van der Waals surface area contributed by atoms with Crippen LogP contribution in [0.4, 0.5) is 0 Å². The van der Waals surface area contributed by atoms with Crippen molar-refractivity contribution < 1.29 is 19.0 Å². The zero-order valence-electron chi connectivity index (χ0n) is 14.0. The molecule has 2 aliphatic rings. The Labute approximate surface area is 131 Å². The van der Waals surface area contributed by atoms with E-state index in [2.05, 4.69) is 24.2 Å². The van der Waals surface area contributed by atoms with Gasteiger partial charge in [-0.3, -0.25) is 0 Å². The maximum atomic E-state index is 12.4. The highest BCUT2D eigenvalue weighted by atomic mass is 16.6. The predicted molar refractivity (Wildman–Crippen MR) is 83.1 cm³/mol. The first-order valence-corrected chi connectivity index (χ1v) is 7.92. The van der Waals surface area contributed by atoms with E-state index in [1.165, 1.54) is 0 Å². The first-order valence-electron chi connectivity index (χ1n) is 7.92. The van der Waals surface area contributed by atoms with Crippen molar-refractivity contribution in [2.24, 2.45) is 16.8 Å². The summed E-state index contributed by atoms with van der Waals surface area (Å²) in [4.78, 5) is 16.8. The second kappa shape index (κ2) is 6.58. The van der Waals surface area contributed by atoms with Crippen LogP contribution in [0, 0.1) is 11.8 Å². The van der Waals surface area contributed by atoms with Gasteiger partial charge in [0.1, 0.15) is 6.61 Å². The molecule has 0 aliphatic carbocycles. The van der Waals surface area contributed by atoms with Crippen molar-refractivity contribution in [1.82, 2.24) is 5.32 Å². The Kier molecular flexibility index (Phi) is 4.98. The van der Waals surface area contributed by atoms with E-state index in [1.54, 1.807) is 6.20 Å². The van der Waals surface area contributed by atoms with E-state index < -0.39 is 11.7 Å². The Balaban J connectivity index is 2.06. The van der Waals surface area contributed by atoms with Crippen molar-refractivity contribution in [3.05, 3.63) is 12.0 Å². The molecule has 2 rings (SSSR count). The van der Waals surface area contributed by atoms with Gasteiger partial charge in [0.05, 0.1) is 6.04 Å². The molecule has 6 heteroatoms. The summed E-state index contributed by atoms with van der Waals surface area (Å²) in [6, 6.07) is 0.204. The number of nitrogens with one attached hydrogen (secondary N) is 1. The van der Waals surface area contributed by atoms with E-state index in [9.17, 15) is 4.79 Å². The zero-order chi connectivity index (χ0) is 16.3. The molecule has 2 heterocycles. The number of rotatable bonds is 5. The maximum Gasteiger partial charge on any atom is 0.377 e. The van der Waals surface area contributed by atoms with E-state index in [-0.39, 0.29) is 24.3 Å². The standard InChI is InChI=1S/C16H26N2O4/c1-6-14-18-16(9-21-14,11(4)5)22-15(19)13-7-17-12(8-20-13)10(2)3/h7,10-12,17H,6,8-9H2,1-5H3/t12-,16+/m1/s1. The van der Waals surface area contributed by atoms with Crippen molar-refractivity contribution in [1.29, 1.82) is 0 Å². The number of hydrogen-bond acceptors (Lipinski definition) is 6. The second-order valence-corrected chi connectivity index (χ2v) is 6.37. The summed E-state index contributed by atoms with van der Waals surface area (Å²) in [5.74, 6) is 0.750. The molecule has 2 atom stereocenters. The van der Waals surface area contributed by atoms with Gasteiger partial charge in [0, 0.05) is 18.5 Å². The molecule has 0 fully saturated rings. The normalized spacial score (nSPS) is 27.7. The molecule has 6 nitrogen and oxygen atoms in total. The lowest BCUT2D eigenvalue weighted by Crippen LogP contribution is -2.43. The van der Waals surface area contributed by atoms with E-state index >= 15 is 0 Å². The van der Waals surface area contributed by atoms with Crippen molar-refractivity contribution in [3.63, 3.8) is 0 Å². The summed E-state index contributed by atoms with van der Waals surface area (Å²) in [6.45, 7) is 10.8. The zero-order valence-corrected chi connectivity index (χ0v) is 14.0. The molecule has 0 bridgehead atoms. The predicted octanol–water partition coefficient (Wildman–Crippen LogP) is 2.21. The molecule has 0 unspecified atom stereocenters. The molecule has 22 heavy (non-hydrogen) atoms. The molecule has 0 aromatic carbocycles. The van der Waals surface area contributed by atoms with Crippen LogP contribution in [0.5, 0.6) is 0 Å². The molecule has 0 saturated heterocycles. The Morgan fingerprint density at radius 3 is 2.64 bits per heavy atom. The number of carbonyl (C=O) groups excluding carboxylic acids is 1. The number of carbonyl (C=O) groups is 1. The average molecular weight is 310 g/mol. The van der Waals surface area contributed by atoms with Crippen LogP contribution in [-0.2, 0) is 19.0 Å². The fourth-order valence-corrected chi connectivity index (χ4v) is 2.27. The summed E-state index contributed by atoms with van der Waals surface area (Å²) < 4.78 is 16.7. The van der Waals surface area contributed by atoms with E-state index in [0.717, 1.165) is 0 Å². The van der Waals surface area contributed by atoms with Gasteiger partial charge in [0.25, 0.3) is 0 Å². The Morgan fingerprint density at radius 2 is 2.18 bits per heavy atom. The molecule has 0 aromatic rings.